The van der Waals surface area contributed by atoms with Crippen LogP contribution >= 0.6 is 0 Å². The smallest absolute Gasteiger partial charge is 0.308 e. The Hall–Kier alpha value is -0.610. The molecule has 0 radical (unpaired) electrons. The molecule has 0 aliphatic carbocycles. The van der Waals surface area contributed by atoms with Crippen molar-refractivity contribution in [2.24, 2.45) is 0 Å². The van der Waals surface area contributed by atoms with Gasteiger partial charge in [0.15, 0.2) is 0 Å². The van der Waals surface area contributed by atoms with Crippen LogP contribution in [0.3, 0.4) is 0 Å². The average Bonchev–Trinajstić information content (AvgIpc) is 2.33. The van der Waals surface area contributed by atoms with Crippen LogP contribution in [0.25, 0.3) is 0 Å². The van der Waals surface area contributed by atoms with Gasteiger partial charge in [0.25, 0.3) is 0 Å². The molecule has 0 aromatic carbocycles. The molecule has 0 N–H and O–H groups in total. The van der Waals surface area contributed by atoms with Gasteiger partial charge in [-0.15, -0.1) is 0 Å². The van der Waals surface area contributed by atoms with Crippen LogP contribution in [-0.4, -0.2) is 32.1 Å². The normalized spacial score (nSPS) is 23.6. The fourth-order valence-electron chi connectivity index (χ4n) is 1.08. The van der Waals surface area contributed by atoms with Crippen LogP contribution in [0.15, 0.2) is 0 Å². The predicted molar refractivity (Wildman–Crippen MR) is 46.2 cm³/mol. The Labute approximate surface area is 78.2 Å². The van der Waals surface area contributed by atoms with Crippen LogP contribution < -0.4 is 0 Å². The molecule has 0 bridgehead atoms. The Morgan fingerprint density at radius 3 is 3.15 bits per heavy atom. The molecule has 0 aromatic rings. The summed E-state index contributed by atoms with van der Waals surface area (Å²) in [5.41, 5.74) is 0. The van der Waals surface area contributed by atoms with Crippen LogP contribution in [0.4, 0.5) is 0 Å². The maximum Gasteiger partial charge on any atom is 0.308 e. The molecule has 1 aliphatic rings. The van der Waals surface area contributed by atoms with Gasteiger partial charge in [-0.3, -0.25) is 4.79 Å². The molecule has 13 heavy (non-hydrogen) atoms. The van der Waals surface area contributed by atoms with Crippen molar-refractivity contribution in [1.82, 2.24) is 0 Å². The minimum Gasteiger partial charge on any atom is -0.433 e. The van der Waals surface area contributed by atoms with E-state index in [2.05, 4.69) is 0 Å². The lowest BCUT2D eigenvalue weighted by molar-refractivity contribution is -0.183. The SMILES string of the molecule is CCCC(=O)OC1COCCCO1. The van der Waals surface area contributed by atoms with Gasteiger partial charge in [-0.1, -0.05) is 6.92 Å². The number of esters is 1. The third-order valence-corrected chi connectivity index (χ3v) is 1.71. The average molecular weight is 188 g/mol. The predicted octanol–water partition coefficient (Wildman–Crippen LogP) is 1.09. The first-order valence-corrected chi connectivity index (χ1v) is 4.71. The third kappa shape index (κ3) is 4.24. The fraction of sp³-hybridized carbons (Fsp3) is 0.889. The standard InChI is InChI=1S/C9H16O4/c1-2-4-8(10)13-9-7-11-5-3-6-12-9/h9H,2-7H2,1H3. The summed E-state index contributed by atoms with van der Waals surface area (Å²) in [6.45, 7) is 3.58. The second-order valence-electron chi connectivity index (χ2n) is 2.97. The van der Waals surface area contributed by atoms with E-state index in [0.717, 1.165) is 12.8 Å². The molecule has 0 aromatic heterocycles. The highest BCUT2D eigenvalue weighted by Crippen LogP contribution is 2.05. The van der Waals surface area contributed by atoms with Crippen molar-refractivity contribution < 1.29 is 19.0 Å². The molecule has 1 aliphatic heterocycles. The largest absolute Gasteiger partial charge is 0.433 e. The summed E-state index contributed by atoms with van der Waals surface area (Å²) < 4.78 is 15.5. The number of hydrogen-bond donors (Lipinski definition) is 0. The molecule has 0 spiro atoms. The van der Waals surface area contributed by atoms with E-state index in [9.17, 15) is 4.79 Å². The van der Waals surface area contributed by atoms with E-state index in [1.165, 1.54) is 0 Å². The van der Waals surface area contributed by atoms with Gasteiger partial charge in [0.05, 0.1) is 6.61 Å². The van der Waals surface area contributed by atoms with E-state index >= 15 is 0 Å². The second-order valence-corrected chi connectivity index (χ2v) is 2.97. The van der Waals surface area contributed by atoms with Crippen molar-refractivity contribution in [1.29, 1.82) is 0 Å². The molecule has 1 saturated heterocycles. The fourth-order valence-corrected chi connectivity index (χ4v) is 1.08. The van der Waals surface area contributed by atoms with E-state index in [1.54, 1.807) is 0 Å². The molecule has 1 rings (SSSR count). The maximum atomic E-state index is 11.1. The van der Waals surface area contributed by atoms with E-state index in [1.807, 2.05) is 6.92 Å². The van der Waals surface area contributed by atoms with Crippen molar-refractivity contribution in [3.63, 3.8) is 0 Å². The zero-order valence-corrected chi connectivity index (χ0v) is 7.95. The Bertz CT molecular complexity index is 150. The highest BCUT2D eigenvalue weighted by atomic mass is 16.7. The van der Waals surface area contributed by atoms with Crippen molar-refractivity contribution in [2.45, 2.75) is 32.5 Å². The first-order valence-electron chi connectivity index (χ1n) is 4.71. The lowest BCUT2D eigenvalue weighted by Crippen LogP contribution is -2.24. The molecule has 0 amide bonds. The van der Waals surface area contributed by atoms with Crippen LogP contribution in [0.5, 0.6) is 0 Å². The van der Waals surface area contributed by atoms with E-state index < -0.39 is 6.29 Å². The summed E-state index contributed by atoms with van der Waals surface area (Å²) in [6, 6.07) is 0. The second kappa shape index (κ2) is 5.94. The van der Waals surface area contributed by atoms with Gasteiger partial charge in [0.2, 0.25) is 6.29 Å². The Kier molecular flexibility index (Phi) is 4.78. The molecular formula is C9H16O4. The zero-order chi connectivity index (χ0) is 9.52. The van der Waals surface area contributed by atoms with Gasteiger partial charge in [0, 0.05) is 13.0 Å². The minimum absolute atomic E-state index is 0.210. The number of hydrogen-bond acceptors (Lipinski definition) is 4. The highest BCUT2D eigenvalue weighted by Gasteiger charge is 2.16. The van der Waals surface area contributed by atoms with Crippen LogP contribution in [-0.2, 0) is 19.0 Å². The Balaban J connectivity index is 2.21. The maximum absolute atomic E-state index is 11.1. The van der Waals surface area contributed by atoms with Crippen LogP contribution in [0.1, 0.15) is 26.2 Å². The van der Waals surface area contributed by atoms with Gasteiger partial charge >= 0.3 is 5.97 Å². The summed E-state index contributed by atoms with van der Waals surface area (Å²) in [6.07, 6.45) is 1.61. The van der Waals surface area contributed by atoms with Gasteiger partial charge in [-0.05, 0) is 12.8 Å². The topological polar surface area (TPSA) is 44.8 Å². The molecule has 1 unspecified atom stereocenters. The summed E-state index contributed by atoms with van der Waals surface area (Å²) in [5.74, 6) is -0.210. The first-order chi connectivity index (χ1) is 6.33. The van der Waals surface area contributed by atoms with Crippen molar-refractivity contribution >= 4 is 5.97 Å². The lowest BCUT2D eigenvalue weighted by atomic mass is 10.3. The van der Waals surface area contributed by atoms with Crippen molar-refractivity contribution in [3.8, 4) is 0 Å². The first kappa shape index (κ1) is 10.5. The van der Waals surface area contributed by atoms with Gasteiger partial charge < -0.3 is 14.2 Å². The molecule has 4 nitrogen and oxygen atoms in total. The Morgan fingerprint density at radius 1 is 1.54 bits per heavy atom. The molecule has 1 heterocycles. The van der Waals surface area contributed by atoms with Crippen molar-refractivity contribution in [2.75, 3.05) is 19.8 Å². The number of carbonyl (C=O) groups is 1. The molecular weight excluding hydrogens is 172 g/mol. The summed E-state index contributed by atoms with van der Waals surface area (Å²) in [4.78, 5) is 11.1. The van der Waals surface area contributed by atoms with E-state index in [4.69, 9.17) is 14.2 Å². The van der Waals surface area contributed by atoms with Crippen LogP contribution in [0.2, 0.25) is 0 Å². The Morgan fingerprint density at radius 2 is 2.38 bits per heavy atom. The van der Waals surface area contributed by atoms with Crippen LogP contribution in [0, 0.1) is 0 Å². The van der Waals surface area contributed by atoms with Gasteiger partial charge in [-0.2, -0.15) is 0 Å². The zero-order valence-electron chi connectivity index (χ0n) is 7.95. The molecule has 76 valence electrons. The quantitative estimate of drug-likeness (QED) is 0.622. The molecule has 0 saturated carbocycles. The monoisotopic (exact) mass is 188 g/mol. The van der Waals surface area contributed by atoms with Gasteiger partial charge in [0.1, 0.15) is 6.61 Å². The minimum atomic E-state index is -0.499. The molecule has 1 atom stereocenters. The number of carbonyl (C=O) groups excluding carboxylic acids is 1. The van der Waals surface area contributed by atoms with E-state index in [-0.39, 0.29) is 5.97 Å². The number of rotatable bonds is 3. The third-order valence-electron chi connectivity index (χ3n) is 1.71. The molecule has 1 fully saturated rings. The summed E-state index contributed by atoms with van der Waals surface area (Å²) in [5, 5.41) is 0. The summed E-state index contributed by atoms with van der Waals surface area (Å²) >= 11 is 0. The van der Waals surface area contributed by atoms with Gasteiger partial charge in [-0.25, -0.2) is 0 Å². The van der Waals surface area contributed by atoms with Crippen molar-refractivity contribution in [3.05, 3.63) is 0 Å². The van der Waals surface area contributed by atoms with E-state index in [0.29, 0.717) is 26.2 Å². The number of ether oxygens (including phenoxy) is 3. The lowest BCUT2D eigenvalue weighted by Gasteiger charge is -2.14. The summed E-state index contributed by atoms with van der Waals surface area (Å²) in [7, 11) is 0. The highest BCUT2D eigenvalue weighted by molar-refractivity contribution is 5.69. The molecule has 4 heteroatoms.